The van der Waals surface area contributed by atoms with Gasteiger partial charge in [-0.25, -0.2) is 4.98 Å². The predicted octanol–water partition coefficient (Wildman–Crippen LogP) is 3.35. The number of hydrogen-bond donors (Lipinski definition) is 1. The Morgan fingerprint density at radius 3 is 2.72 bits per heavy atom. The number of carbonyl (C=O) groups is 1. The lowest BCUT2D eigenvalue weighted by molar-refractivity contribution is 0.102. The molecule has 1 aromatic carbocycles. The molecule has 0 spiro atoms. The molecule has 29 heavy (non-hydrogen) atoms. The third-order valence-electron chi connectivity index (χ3n) is 4.32. The number of rotatable bonds is 6. The van der Waals surface area contributed by atoms with Gasteiger partial charge in [-0.3, -0.25) is 10.1 Å². The first-order valence-corrected chi connectivity index (χ1v) is 9.67. The average molecular weight is 409 g/mol. The first-order valence-electron chi connectivity index (χ1n) is 8.85. The van der Waals surface area contributed by atoms with E-state index in [1.54, 1.807) is 20.4 Å². The number of anilines is 1. The van der Waals surface area contributed by atoms with Crippen LogP contribution in [0, 0.1) is 6.92 Å². The van der Waals surface area contributed by atoms with Crippen molar-refractivity contribution in [2.75, 3.05) is 19.5 Å². The Bertz CT molecular complexity index is 1180. The molecule has 0 unspecified atom stereocenters. The smallest absolute Gasteiger partial charge is 0.277 e. The largest absolute Gasteiger partial charge is 0.493 e. The van der Waals surface area contributed by atoms with Gasteiger partial charge in [-0.05, 0) is 36.2 Å². The quantitative estimate of drug-likeness (QED) is 0.525. The molecule has 0 aliphatic heterocycles. The molecule has 1 amide bonds. The molecule has 3 heterocycles. The van der Waals surface area contributed by atoms with Crippen molar-refractivity contribution in [1.29, 1.82) is 0 Å². The maximum absolute atomic E-state index is 12.5. The highest BCUT2D eigenvalue weighted by Crippen LogP contribution is 2.29. The molecule has 4 rings (SSSR count). The maximum atomic E-state index is 12.5. The molecular weight excluding hydrogens is 390 g/mol. The first-order chi connectivity index (χ1) is 14.1. The van der Waals surface area contributed by atoms with Gasteiger partial charge in [0.2, 0.25) is 5.13 Å². The average Bonchev–Trinajstić information content (AvgIpc) is 3.34. The van der Waals surface area contributed by atoms with E-state index in [-0.39, 0.29) is 5.91 Å². The number of benzene rings is 1. The standard InChI is InChI=1S/C20H19N5O3S/c1-12-4-7-17-21-14(11-25(17)10-12)19(26)22-20-24-23-18(29-20)9-13-5-6-15(27-2)16(8-13)28-3/h4-8,10-11H,9H2,1-3H3,(H,22,24,26). The van der Waals surface area contributed by atoms with Gasteiger partial charge in [0.25, 0.3) is 5.91 Å². The second-order valence-electron chi connectivity index (χ2n) is 6.42. The van der Waals surface area contributed by atoms with Gasteiger partial charge in [0.1, 0.15) is 16.3 Å². The molecule has 9 heteroatoms. The summed E-state index contributed by atoms with van der Waals surface area (Å²) >= 11 is 1.32. The van der Waals surface area contributed by atoms with Crippen LogP contribution in [0.25, 0.3) is 5.65 Å². The molecule has 0 bridgehead atoms. The van der Waals surface area contributed by atoms with E-state index < -0.39 is 0 Å². The van der Waals surface area contributed by atoms with Crippen molar-refractivity contribution in [2.24, 2.45) is 0 Å². The van der Waals surface area contributed by atoms with Crippen molar-refractivity contribution in [3.05, 3.63) is 64.6 Å². The van der Waals surface area contributed by atoms with Crippen molar-refractivity contribution in [1.82, 2.24) is 19.6 Å². The summed E-state index contributed by atoms with van der Waals surface area (Å²) < 4.78 is 12.4. The van der Waals surface area contributed by atoms with Crippen LogP contribution >= 0.6 is 11.3 Å². The minimum absolute atomic E-state index is 0.319. The number of methoxy groups -OCH3 is 2. The van der Waals surface area contributed by atoms with E-state index in [0.29, 0.717) is 34.4 Å². The zero-order valence-corrected chi connectivity index (χ0v) is 17.0. The highest BCUT2D eigenvalue weighted by molar-refractivity contribution is 7.15. The number of carbonyl (C=O) groups excluding carboxylic acids is 1. The summed E-state index contributed by atoms with van der Waals surface area (Å²) in [5.74, 6) is 1.01. The Morgan fingerprint density at radius 2 is 1.93 bits per heavy atom. The molecule has 4 aromatic rings. The normalized spacial score (nSPS) is 10.9. The van der Waals surface area contributed by atoms with Gasteiger partial charge in [-0.2, -0.15) is 0 Å². The number of pyridine rings is 1. The number of aromatic nitrogens is 4. The third-order valence-corrected chi connectivity index (χ3v) is 5.16. The van der Waals surface area contributed by atoms with E-state index in [1.165, 1.54) is 11.3 Å². The van der Waals surface area contributed by atoms with Crippen LogP contribution in [0.5, 0.6) is 11.5 Å². The summed E-state index contributed by atoms with van der Waals surface area (Å²) in [4.78, 5) is 16.9. The zero-order valence-electron chi connectivity index (χ0n) is 16.2. The molecule has 0 radical (unpaired) electrons. The molecule has 0 fully saturated rings. The number of nitrogens with zero attached hydrogens (tertiary/aromatic N) is 4. The topological polar surface area (TPSA) is 90.6 Å². The fourth-order valence-electron chi connectivity index (χ4n) is 2.91. The van der Waals surface area contributed by atoms with Gasteiger partial charge in [-0.15, -0.1) is 10.2 Å². The van der Waals surface area contributed by atoms with Crippen LogP contribution in [-0.2, 0) is 6.42 Å². The number of fused-ring (bicyclic) bond motifs is 1. The van der Waals surface area contributed by atoms with E-state index in [2.05, 4.69) is 20.5 Å². The number of amides is 1. The Hall–Kier alpha value is -3.46. The molecule has 1 N–H and O–H groups in total. The third kappa shape index (κ3) is 4.04. The second kappa shape index (κ2) is 7.88. The van der Waals surface area contributed by atoms with E-state index in [0.717, 1.165) is 16.1 Å². The van der Waals surface area contributed by atoms with Crippen molar-refractivity contribution >= 4 is 28.0 Å². The van der Waals surface area contributed by atoms with E-state index >= 15 is 0 Å². The van der Waals surface area contributed by atoms with Crippen molar-refractivity contribution in [3.63, 3.8) is 0 Å². The van der Waals surface area contributed by atoms with Crippen LogP contribution in [0.2, 0.25) is 0 Å². The molecule has 3 aromatic heterocycles. The lowest BCUT2D eigenvalue weighted by atomic mass is 10.1. The SMILES string of the molecule is COc1ccc(Cc2nnc(NC(=O)c3cn4cc(C)ccc4n3)s2)cc1OC. The van der Waals surface area contributed by atoms with Crippen LogP contribution in [0.4, 0.5) is 5.13 Å². The lowest BCUT2D eigenvalue weighted by Gasteiger charge is -2.08. The van der Waals surface area contributed by atoms with Crippen LogP contribution in [0.15, 0.2) is 42.7 Å². The van der Waals surface area contributed by atoms with Gasteiger partial charge < -0.3 is 13.9 Å². The Labute approximate surface area is 171 Å². The summed E-state index contributed by atoms with van der Waals surface area (Å²) in [5, 5.41) is 12.2. The fraction of sp³-hybridized carbons (Fsp3) is 0.200. The molecule has 0 aliphatic carbocycles. The summed E-state index contributed by atoms with van der Waals surface area (Å²) in [5.41, 5.74) is 3.14. The van der Waals surface area contributed by atoms with Crippen molar-refractivity contribution < 1.29 is 14.3 Å². The Morgan fingerprint density at radius 1 is 1.10 bits per heavy atom. The number of imidazole rings is 1. The Balaban J connectivity index is 1.46. The number of hydrogen-bond acceptors (Lipinski definition) is 7. The van der Waals surface area contributed by atoms with Crippen LogP contribution < -0.4 is 14.8 Å². The van der Waals surface area contributed by atoms with E-state index in [9.17, 15) is 4.79 Å². The van der Waals surface area contributed by atoms with Gasteiger partial charge in [0.15, 0.2) is 11.5 Å². The van der Waals surface area contributed by atoms with Crippen LogP contribution in [-0.4, -0.2) is 39.7 Å². The van der Waals surface area contributed by atoms with Crippen LogP contribution in [0.3, 0.4) is 0 Å². The maximum Gasteiger partial charge on any atom is 0.277 e. The molecule has 0 saturated heterocycles. The Kier molecular flexibility index (Phi) is 5.13. The second-order valence-corrected chi connectivity index (χ2v) is 7.48. The minimum Gasteiger partial charge on any atom is -0.493 e. The molecule has 0 atom stereocenters. The fourth-order valence-corrected chi connectivity index (χ4v) is 3.68. The lowest BCUT2D eigenvalue weighted by Crippen LogP contribution is -2.12. The van der Waals surface area contributed by atoms with Gasteiger partial charge in [0, 0.05) is 18.8 Å². The predicted molar refractivity (Wildman–Crippen MR) is 110 cm³/mol. The van der Waals surface area contributed by atoms with Crippen molar-refractivity contribution in [3.8, 4) is 11.5 Å². The highest BCUT2D eigenvalue weighted by atomic mass is 32.1. The molecule has 0 aliphatic rings. The summed E-state index contributed by atoms with van der Waals surface area (Å²) in [6, 6.07) is 9.52. The van der Waals surface area contributed by atoms with Gasteiger partial charge in [0.05, 0.1) is 14.2 Å². The molecule has 0 saturated carbocycles. The highest BCUT2D eigenvalue weighted by Gasteiger charge is 2.14. The van der Waals surface area contributed by atoms with Gasteiger partial charge in [-0.1, -0.05) is 23.5 Å². The summed E-state index contributed by atoms with van der Waals surface area (Å²) in [6.45, 7) is 1.99. The monoisotopic (exact) mass is 409 g/mol. The number of aryl methyl sites for hydroxylation is 1. The minimum atomic E-state index is -0.319. The number of nitrogens with one attached hydrogen (secondary N) is 1. The zero-order chi connectivity index (χ0) is 20.4. The number of ether oxygens (including phenoxy) is 2. The van der Waals surface area contributed by atoms with Gasteiger partial charge >= 0.3 is 0 Å². The molecule has 148 valence electrons. The molecular formula is C20H19N5O3S. The van der Waals surface area contributed by atoms with E-state index in [1.807, 2.05) is 47.9 Å². The summed E-state index contributed by atoms with van der Waals surface area (Å²) in [7, 11) is 3.20. The van der Waals surface area contributed by atoms with Crippen LogP contribution in [0.1, 0.15) is 26.6 Å². The first kappa shape index (κ1) is 18.9. The van der Waals surface area contributed by atoms with Crippen molar-refractivity contribution in [2.45, 2.75) is 13.3 Å². The summed E-state index contributed by atoms with van der Waals surface area (Å²) in [6.07, 6.45) is 4.19. The van der Waals surface area contributed by atoms with E-state index in [4.69, 9.17) is 9.47 Å². The molecule has 8 nitrogen and oxygen atoms in total.